The van der Waals surface area contributed by atoms with Crippen molar-refractivity contribution in [2.24, 2.45) is 0 Å². The van der Waals surface area contributed by atoms with Gasteiger partial charge in [-0.2, -0.15) is 0 Å². The minimum absolute atomic E-state index is 0.301. The van der Waals surface area contributed by atoms with Gasteiger partial charge in [-0.25, -0.2) is 4.79 Å². The standard InChI is InChI=1S/C28H27Cl2NO5/c1-3-4-5-16-35-25-14-6-19(17-26(25)34-2)7-15-27(32)36-22-11-8-20(9-12-22)28(33)31-24-18-21(29)10-13-23(24)30/h6-15,17-18H,3-5,16H2,1-2H3,(H,31,33)/b15-7+. The molecule has 0 aliphatic rings. The summed E-state index contributed by atoms with van der Waals surface area (Å²) in [5.41, 5.74) is 1.53. The number of esters is 1. The van der Waals surface area contributed by atoms with E-state index in [1.165, 1.54) is 18.2 Å². The maximum atomic E-state index is 12.5. The Hall–Kier alpha value is -3.48. The summed E-state index contributed by atoms with van der Waals surface area (Å²) in [4.78, 5) is 24.8. The Bertz CT molecular complexity index is 1230. The zero-order chi connectivity index (χ0) is 25.9. The summed E-state index contributed by atoms with van der Waals surface area (Å²) in [5, 5.41) is 3.53. The third-order valence-electron chi connectivity index (χ3n) is 5.12. The van der Waals surface area contributed by atoms with Crippen LogP contribution in [0.25, 0.3) is 6.08 Å². The highest BCUT2D eigenvalue weighted by molar-refractivity contribution is 6.35. The Balaban J connectivity index is 1.56. The van der Waals surface area contributed by atoms with E-state index in [1.54, 1.807) is 49.6 Å². The number of benzene rings is 3. The van der Waals surface area contributed by atoms with Gasteiger partial charge in [0.2, 0.25) is 0 Å². The quantitative estimate of drug-likeness (QED) is 0.121. The number of hydrogen-bond acceptors (Lipinski definition) is 5. The molecule has 0 radical (unpaired) electrons. The molecule has 3 aromatic carbocycles. The lowest BCUT2D eigenvalue weighted by Crippen LogP contribution is -2.12. The first-order chi connectivity index (χ1) is 17.4. The Kier molecular flexibility index (Phi) is 10.2. The van der Waals surface area contributed by atoms with Gasteiger partial charge in [0.25, 0.3) is 5.91 Å². The van der Waals surface area contributed by atoms with E-state index >= 15 is 0 Å². The second-order valence-electron chi connectivity index (χ2n) is 7.82. The lowest BCUT2D eigenvalue weighted by molar-refractivity contribution is -0.128. The zero-order valence-electron chi connectivity index (χ0n) is 20.1. The fourth-order valence-corrected chi connectivity index (χ4v) is 3.55. The van der Waals surface area contributed by atoms with Crippen molar-refractivity contribution in [1.29, 1.82) is 0 Å². The summed E-state index contributed by atoms with van der Waals surface area (Å²) in [6.07, 6.45) is 6.16. The molecule has 0 unspecified atom stereocenters. The van der Waals surface area contributed by atoms with E-state index in [0.29, 0.717) is 45.2 Å². The van der Waals surface area contributed by atoms with Crippen LogP contribution in [0.3, 0.4) is 0 Å². The third kappa shape index (κ3) is 8.04. The average Bonchev–Trinajstić information content (AvgIpc) is 2.88. The van der Waals surface area contributed by atoms with Crippen LogP contribution in [0.5, 0.6) is 17.2 Å². The van der Waals surface area contributed by atoms with Crippen molar-refractivity contribution in [1.82, 2.24) is 0 Å². The Morgan fingerprint density at radius 2 is 1.72 bits per heavy atom. The molecule has 0 saturated carbocycles. The number of carbonyl (C=O) groups excluding carboxylic acids is 2. The molecule has 3 aromatic rings. The number of hydrogen-bond donors (Lipinski definition) is 1. The van der Waals surface area contributed by atoms with E-state index in [4.69, 9.17) is 37.4 Å². The number of methoxy groups -OCH3 is 1. The minimum atomic E-state index is -0.559. The van der Waals surface area contributed by atoms with Crippen molar-refractivity contribution in [2.75, 3.05) is 19.0 Å². The molecule has 0 bridgehead atoms. The summed E-state index contributed by atoms with van der Waals surface area (Å²) in [7, 11) is 1.57. The van der Waals surface area contributed by atoms with Gasteiger partial charge in [-0.05, 0) is 72.7 Å². The predicted octanol–water partition coefficient (Wildman–Crippen LogP) is 7.44. The molecule has 0 fully saturated rings. The second-order valence-corrected chi connectivity index (χ2v) is 8.67. The van der Waals surface area contributed by atoms with Crippen molar-refractivity contribution in [3.05, 3.63) is 87.9 Å². The van der Waals surface area contributed by atoms with Crippen LogP contribution in [0.2, 0.25) is 10.0 Å². The molecule has 1 amide bonds. The largest absolute Gasteiger partial charge is 0.493 e. The monoisotopic (exact) mass is 527 g/mol. The fourth-order valence-electron chi connectivity index (χ4n) is 3.22. The first-order valence-corrected chi connectivity index (χ1v) is 12.2. The first kappa shape index (κ1) is 27.1. The van der Waals surface area contributed by atoms with E-state index < -0.39 is 5.97 Å². The summed E-state index contributed by atoms with van der Waals surface area (Å²) in [6, 6.07) is 16.4. The number of nitrogens with one attached hydrogen (secondary N) is 1. The molecule has 0 aromatic heterocycles. The van der Waals surface area contributed by atoms with Crippen molar-refractivity contribution in [2.45, 2.75) is 26.2 Å². The van der Waals surface area contributed by atoms with Crippen LogP contribution in [0.4, 0.5) is 5.69 Å². The topological polar surface area (TPSA) is 73.9 Å². The van der Waals surface area contributed by atoms with Crippen LogP contribution < -0.4 is 19.5 Å². The molecular weight excluding hydrogens is 501 g/mol. The number of amides is 1. The second kappa shape index (κ2) is 13.6. The van der Waals surface area contributed by atoms with Gasteiger partial charge in [0.1, 0.15) is 5.75 Å². The van der Waals surface area contributed by atoms with Crippen LogP contribution in [-0.2, 0) is 4.79 Å². The van der Waals surface area contributed by atoms with E-state index in [9.17, 15) is 9.59 Å². The first-order valence-electron chi connectivity index (χ1n) is 11.5. The minimum Gasteiger partial charge on any atom is -0.493 e. The molecule has 0 heterocycles. The highest BCUT2D eigenvalue weighted by Gasteiger charge is 2.10. The summed E-state index contributed by atoms with van der Waals surface area (Å²) in [5.74, 6) is 0.626. The van der Waals surface area contributed by atoms with Gasteiger partial charge in [-0.3, -0.25) is 4.79 Å². The number of anilines is 1. The Morgan fingerprint density at radius 1 is 0.944 bits per heavy atom. The van der Waals surface area contributed by atoms with Crippen LogP contribution in [-0.4, -0.2) is 25.6 Å². The van der Waals surface area contributed by atoms with Gasteiger partial charge in [0, 0.05) is 16.7 Å². The van der Waals surface area contributed by atoms with Crippen molar-refractivity contribution < 1.29 is 23.8 Å². The highest BCUT2D eigenvalue weighted by Crippen LogP contribution is 2.29. The van der Waals surface area contributed by atoms with Crippen LogP contribution in [0, 0.1) is 0 Å². The van der Waals surface area contributed by atoms with Crippen LogP contribution >= 0.6 is 23.2 Å². The van der Waals surface area contributed by atoms with Gasteiger partial charge in [0.05, 0.1) is 24.4 Å². The van der Waals surface area contributed by atoms with Gasteiger partial charge in [0.15, 0.2) is 11.5 Å². The van der Waals surface area contributed by atoms with E-state index in [-0.39, 0.29) is 5.91 Å². The number of halogens is 2. The molecule has 6 nitrogen and oxygen atoms in total. The van der Waals surface area contributed by atoms with Gasteiger partial charge in [-0.15, -0.1) is 0 Å². The lowest BCUT2D eigenvalue weighted by Gasteiger charge is -2.11. The third-order valence-corrected chi connectivity index (χ3v) is 5.68. The van der Waals surface area contributed by atoms with Crippen LogP contribution in [0.1, 0.15) is 42.1 Å². The highest BCUT2D eigenvalue weighted by atomic mass is 35.5. The molecule has 0 atom stereocenters. The molecule has 0 saturated heterocycles. The maximum Gasteiger partial charge on any atom is 0.336 e. The lowest BCUT2D eigenvalue weighted by atomic mass is 10.2. The summed E-state index contributed by atoms with van der Waals surface area (Å²) >= 11 is 12.0. The van der Waals surface area contributed by atoms with Crippen molar-refractivity contribution in [3.8, 4) is 17.2 Å². The van der Waals surface area contributed by atoms with Crippen molar-refractivity contribution >= 4 is 46.8 Å². The zero-order valence-corrected chi connectivity index (χ0v) is 21.6. The van der Waals surface area contributed by atoms with E-state index in [1.807, 2.05) is 12.1 Å². The number of ether oxygens (including phenoxy) is 3. The van der Waals surface area contributed by atoms with E-state index in [0.717, 1.165) is 24.8 Å². The summed E-state index contributed by atoms with van der Waals surface area (Å²) in [6.45, 7) is 2.77. The number of carbonyl (C=O) groups is 2. The molecule has 0 aliphatic carbocycles. The molecule has 0 spiro atoms. The maximum absolute atomic E-state index is 12.5. The molecule has 1 N–H and O–H groups in total. The summed E-state index contributed by atoms with van der Waals surface area (Å²) < 4.78 is 16.5. The number of unbranched alkanes of at least 4 members (excludes halogenated alkanes) is 2. The van der Waals surface area contributed by atoms with Gasteiger partial charge in [-0.1, -0.05) is 49.0 Å². The average molecular weight is 528 g/mol. The Labute approximate surface area is 220 Å². The van der Waals surface area contributed by atoms with Gasteiger partial charge >= 0.3 is 5.97 Å². The smallest absolute Gasteiger partial charge is 0.336 e. The van der Waals surface area contributed by atoms with Crippen molar-refractivity contribution in [3.63, 3.8) is 0 Å². The molecule has 188 valence electrons. The van der Waals surface area contributed by atoms with E-state index in [2.05, 4.69) is 12.2 Å². The SMILES string of the molecule is CCCCCOc1ccc(/C=C/C(=O)Oc2ccc(C(=O)Nc3cc(Cl)ccc3Cl)cc2)cc1OC. The molecule has 8 heteroatoms. The molecule has 0 aliphatic heterocycles. The van der Waals surface area contributed by atoms with Gasteiger partial charge < -0.3 is 19.5 Å². The normalized spacial score (nSPS) is 10.8. The Morgan fingerprint density at radius 3 is 2.44 bits per heavy atom. The molecule has 3 rings (SSSR count). The molecule has 36 heavy (non-hydrogen) atoms. The fraction of sp³-hybridized carbons (Fsp3) is 0.214. The number of rotatable bonds is 11. The molecular formula is C28H27Cl2NO5. The van der Waals surface area contributed by atoms with Crippen LogP contribution in [0.15, 0.2) is 66.7 Å². The predicted molar refractivity (Wildman–Crippen MR) is 144 cm³/mol.